The molecule has 0 unspecified atom stereocenters. The summed E-state index contributed by atoms with van der Waals surface area (Å²) in [5, 5.41) is 2.82. The minimum Gasteiger partial charge on any atom is -0.485 e. The maximum absolute atomic E-state index is 12.9. The fraction of sp³-hybridized carbons (Fsp3) is 0.300. The first-order valence-corrected chi connectivity index (χ1v) is 12.7. The van der Waals surface area contributed by atoms with Crippen LogP contribution in [0, 0.1) is 0 Å². The van der Waals surface area contributed by atoms with Gasteiger partial charge in [0.1, 0.15) is 18.0 Å². The number of ether oxygens (including phenoxy) is 4. The van der Waals surface area contributed by atoms with Crippen LogP contribution in [0.4, 0.5) is 5.69 Å². The standard InChI is InChI=1S/C30H30N2O7/c1-30(2,3)21-6-8-22(9-7-21)36-16-24(33)20-5-11-25-23(13-20)32(29(35)17-37-25)15-28(34)31-14-19-4-10-26-27(12-19)39-18-38-26/h4-13H,14-18H2,1-3H3,(H,31,34). The van der Waals surface area contributed by atoms with E-state index in [1.54, 1.807) is 30.3 Å². The summed E-state index contributed by atoms with van der Waals surface area (Å²) in [6, 6.07) is 17.9. The van der Waals surface area contributed by atoms with E-state index in [4.69, 9.17) is 18.9 Å². The molecule has 0 saturated carbocycles. The van der Waals surface area contributed by atoms with Gasteiger partial charge in [-0.1, -0.05) is 39.0 Å². The highest BCUT2D eigenvalue weighted by Crippen LogP contribution is 2.34. The fourth-order valence-electron chi connectivity index (χ4n) is 4.28. The van der Waals surface area contributed by atoms with Crippen molar-refractivity contribution in [2.75, 3.05) is 31.5 Å². The Balaban J connectivity index is 1.22. The molecule has 2 heterocycles. The summed E-state index contributed by atoms with van der Waals surface area (Å²) in [5.41, 5.74) is 2.74. The van der Waals surface area contributed by atoms with Crippen LogP contribution in [-0.2, 0) is 21.5 Å². The molecule has 3 aromatic rings. The number of rotatable bonds is 8. The first-order chi connectivity index (χ1) is 18.7. The van der Waals surface area contributed by atoms with E-state index in [0.717, 1.165) is 5.56 Å². The largest absolute Gasteiger partial charge is 0.485 e. The molecule has 0 aromatic heterocycles. The molecule has 0 radical (unpaired) electrons. The molecule has 3 aromatic carbocycles. The van der Waals surface area contributed by atoms with Crippen molar-refractivity contribution in [3.8, 4) is 23.0 Å². The Morgan fingerprint density at radius 2 is 1.67 bits per heavy atom. The lowest BCUT2D eigenvalue weighted by atomic mass is 9.87. The van der Waals surface area contributed by atoms with E-state index >= 15 is 0 Å². The van der Waals surface area contributed by atoms with E-state index in [2.05, 4.69) is 26.1 Å². The Bertz CT molecular complexity index is 1410. The molecule has 9 heteroatoms. The molecule has 0 bridgehead atoms. The van der Waals surface area contributed by atoms with Gasteiger partial charge in [-0.15, -0.1) is 0 Å². The zero-order valence-corrected chi connectivity index (χ0v) is 22.1. The number of carbonyl (C=O) groups excluding carboxylic acids is 3. The van der Waals surface area contributed by atoms with Crippen LogP contribution >= 0.6 is 0 Å². The second-order valence-corrected chi connectivity index (χ2v) is 10.4. The third-order valence-corrected chi connectivity index (χ3v) is 6.54. The van der Waals surface area contributed by atoms with Gasteiger partial charge in [0.2, 0.25) is 12.7 Å². The summed E-state index contributed by atoms with van der Waals surface area (Å²) >= 11 is 0. The Hall–Kier alpha value is -4.53. The number of ketones is 1. The molecule has 0 spiro atoms. The molecule has 0 fully saturated rings. The highest BCUT2D eigenvalue weighted by atomic mass is 16.7. The molecule has 5 rings (SSSR count). The predicted molar refractivity (Wildman–Crippen MR) is 144 cm³/mol. The number of benzene rings is 3. The maximum Gasteiger partial charge on any atom is 0.265 e. The SMILES string of the molecule is CC(C)(C)c1ccc(OCC(=O)c2ccc3c(c2)N(CC(=O)NCc2ccc4c(c2)OCO4)C(=O)CO3)cc1. The van der Waals surface area contributed by atoms with Crippen LogP contribution in [0.15, 0.2) is 60.7 Å². The van der Waals surface area contributed by atoms with Crippen molar-refractivity contribution in [2.24, 2.45) is 0 Å². The van der Waals surface area contributed by atoms with Crippen LogP contribution in [0.1, 0.15) is 42.3 Å². The maximum atomic E-state index is 12.9. The normalized spacial score (nSPS) is 13.9. The summed E-state index contributed by atoms with van der Waals surface area (Å²) < 4.78 is 21.9. The zero-order valence-electron chi connectivity index (χ0n) is 22.1. The fourth-order valence-corrected chi connectivity index (χ4v) is 4.28. The van der Waals surface area contributed by atoms with Gasteiger partial charge < -0.3 is 24.3 Å². The summed E-state index contributed by atoms with van der Waals surface area (Å²) in [4.78, 5) is 39.7. The average Bonchev–Trinajstić information content (AvgIpc) is 3.40. The number of nitrogens with zero attached hydrogens (tertiary/aromatic N) is 1. The first-order valence-electron chi connectivity index (χ1n) is 12.7. The molecule has 2 amide bonds. The number of nitrogens with one attached hydrogen (secondary N) is 1. The summed E-state index contributed by atoms with van der Waals surface area (Å²) in [5.74, 6) is 1.31. The zero-order chi connectivity index (χ0) is 27.6. The van der Waals surface area contributed by atoms with Gasteiger partial charge >= 0.3 is 0 Å². The van der Waals surface area contributed by atoms with Crippen LogP contribution in [0.5, 0.6) is 23.0 Å². The van der Waals surface area contributed by atoms with Gasteiger partial charge in [-0.2, -0.15) is 0 Å². The van der Waals surface area contributed by atoms with Crippen LogP contribution in [0.3, 0.4) is 0 Å². The third kappa shape index (κ3) is 5.98. The van der Waals surface area contributed by atoms with Gasteiger partial charge in [0.25, 0.3) is 5.91 Å². The molecule has 0 atom stereocenters. The van der Waals surface area contributed by atoms with E-state index in [1.165, 1.54) is 10.5 Å². The highest BCUT2D eigenvalue weighted by Gasteiger charge is 2.28. The van der Waals surface area contributed by atoms with Crippen molar-refractivity contribution in [1.82, 2.24) is 5.32 Å². The molecule has 39 heavy (non-hydrogen) atoms. The van der Waals surface area contributed by atoms with Crippen LogP contribution in [-0.4, -0.2) is 44.1 Å². The number of Topliss-reactive ketones (excluding diaryl/α,β-unsaturated/α-hetero) is 1. The van der Waals surface area contributed by atoms with E-state index in [0.29, 0.717) is 34.2 Å². The smallest absolute Gasteiger partial charge is 0.265 e. The van der Waals surface area contributed by atoms with Crippen LogP contribution in [0.25, 0.3) is 0 Å². The van der Waals surface area contributed by atoms with Crippen molar-refractivity contribution in [2.45, 2.75) is 32.7 Å². The molecule has 0 aliphatic carbocycles. The molecular formula is C30H30N2O7. The average molecular weight is 531 g/mol. The Morgan fingerprint density at radius 1 is 0.923 bits per heavy atom. The van der Waals surface area contributed by atoms with Gasteiger partial charge in [0.05, 0.1) is 5.69 Å². The number of fused-ring (bicyclic) bond motifs is 2. The van der Waals surface area contributed by atoms with Crippen LogP contribution in [0.2, 0.25) is 0 Å². The number of amides is 2. The summed E-state index contributed by atoms with van der Waals surface area (Å²) in [6.45, 7) is 6.24. The Labute approximate surface area is 226 Å². The van der Waals surface area contributed by atoms with Gasteiger partial charge in [0.15, 0.2) is 30.5 Å². The van der Waals surface area contributed by atoms with E-state index in [9.17, 15) is 14.4 Å². The second-order valence-electron chi connectivity index (χ2n) is 10.4. The number of carbonyl (C=O) groups is 3. The molecule has 2 aliphatic rings. The third-order valence-electron chi connectivity index (χ3n) is 6.54. The van der Waals surface area contributed by atoms with Crippen LogP contribution < -0.4 is 29.2 Å². The molecule has 0 saturated heterocycles. The minimum atomic E-state index is -0.375. The van der Waals surface area contributed by atoms with Gasteiger partial charge in [0, 0.05) is 12.1 Å². The van der Waals surface area contributed by atoms with Gasteiger partial charge in [-0.3, -0.25) is 19.3 Å². The summed E-state index contributed by atoms with van der Waals surface area (Å²) in [6.07, 6.45) is 0. The topological polar surface area (TPSA) is 103 Å². The van der Waals surface area contributed by atoms with Gasteiger partial charge in [-0.05, 0) is 59.0 Å². The highest BCUT2D eigenvalue weighted by molar-refractivity contribution is 6.04. The van der Waals surface area contributed by atoms with E-state index < -0.39 is 0 Å². The molecule has 9 nitrogen and oxygen atoms in total. The molecule has 1 N–H and O–H groups in total. The summed E-state index contributed by atoms with van der Waals surface area (Å²) in [7, 11) is 0. The van der Waals surface area contributed by atoms with Crippen molar-refractivity contribution in [3.05, 3.63) is 77.4 Å². The van der Waals surface area contributed by atoms with Crippen molar-refractivity contribution in [3.63, 3.8) is 0 Å². The molecular weight excluding hydrogens is 500 g/mol. The van der Waals surface area contributed by atoms with Crippen molar-refractivity contribution < 1.29 is 33.3 Å². The lowest BCUT2D eigenvalue weighted by Crippen LogP contribution is -2.45. The first kappa shape index (κ1) is 26.1. The van der Waals surface area contributed by atoms with E-state index in [-0.39, 0.29) is 56.1 Å². The number of hydrogen-bond acceptors (Lipinski definition) is 7. The molecule has 2 aliphatic heterocycles. The van der Waals surface area contributed by atoms with Gasteiger partial charge in [-0.25, -0.2) is 0 Å². The monoisotopic (exact) mass is 530 g/mol. The predicted octanol–water partition coefficient (Wildman–Crippen LogP) is 4.02. The lowest BCUT2D eigenvalue weighted by molar-refractivity contribution is -0.125. The second kappa shape index (κ2) is 10.7. The van der Waals surface area contributed by atoms with E-state index in [1.807, 2.05) is 30.3 Å². The Kier molecular flexibility index (Phi) is 7.15. The molecule has 202 valence electrons. The van der Waals surface area contributed by atoms with Crippen molar-refractivity contribution >= 4 is 23.3 Å². The number of anilines is 1. The lowest BCUT2D eigenvalue weighted by Gasteiger charge is -2.29. The number of hydrogen-bond donors (Lipinski definition) is 1. The Morgan fingerprint density at radius 3 is 2.44 bits per heavy atom. The quantitative estimate of drug-likeness (QED) is 0.439. The van der Waals surface area contributed by atoms with Crippen molar-refractivity contribution in [1.29, 1.82) is 0 Å². The minimum absolute atomic E-state index is 0.0195.